The third kappa shape index (κ3) is 3.20. The number of hydrogen-bond donors (Lipinski definition) is 2. The molecular weight excluding hydrogens is 206 g/mol. The van der Waals surface area contributed by atoms with Crippen LogP contribution in [0.4, 0.5) is 0 Å². The van der Waals surface area contributed by atoms with Gasteiger partial charge in [0.2, 0.25) is 11.8 Å². The number of carbonyl (C=O) groups is 2. The molecule has 1 saturated carbocycles. The van der Waals surface area contributed by atoms with Crippen LogP contribution in [0.2, 0.25) is 0 Å². The largest absolute Gasteiger partial charge is 0.359 e. The second-order valence-electron chi connectivity index (χ2n) is 4.38. The van der Waals surface area contributed by atoms with Crippen molar-refractivity contribution in [3.63, 3.8) is 0 Å². The predicted molar refractivity (Wildman–Crippen MR) is 61.6 cm³/mol. The van der Waals surface area contributed by atoms with Crippen LogP contribution in [0, 0.1) is 5.92 Å². The predicted octanol–water partition coefficient (Wildman–Crippen LogP) is -0.292. The Labute approximate surface area is 96.4 Å². The molecule has 92 valence electrons. The van der Waals surface area contributed by atoms with Gasteiger partial charge < -0.3 is 16.0 Å². The number of nitrogens with two attached hydrogens (primary N) is 1. The van der Waals surface area contributed by atoms with Crippen LogP contribution >= 0.6 is 0 Å². The molecule has 2 unspecified atom stereocenters. The molecule has 0 aromatic heterocycles. The maximum Gasteiger partial charge on any atom is 0.226 e. The van der Waals surface area contributed by atoms with Crippen LogP contribution in [0.5, 0.6) is 0 Å². The molecule has 5 nitrogen and oxygen atoms in total. The average Bonchev–Trinajstić information content (AvgIpc) is 2.70. The fraction of sp³-hybridized carbons (Fsp3) is 0.818. The Hall–Kier alpha value is -1.10. The standard InChI is InChI=1S/C11H21N3O2/c1-13-10(15)6-7-14(2)11(16)8-4-3-5-9(8)12/h8-9H,3-7,12H2,1-2H3,(H,13,15). The molecule has 2 amide bonds. The molecule has 0 radical (unpaired) electrons. The van der Waals surface area contributed by atoms with Gasteiger partial charge in [-0.3, -0.25) is 9.59 Å². The third-order valence-corrected chi connectivity index (χ3v) is 3.22. The van der Waals surface area contributed by atoms with Crippen molar-refractivity contribution in [1.29, 1.82) is 0 Å². The Kier molecular flexibility index (Phi) is 4.73. The quantitative estimate of drug-likeness (QED) is 0.693. The zero-order chi connectivity index (χ0) is 12.1. The second kappa shape index (κ2) is 5.84. The lowest BCUT2D eigenvalue weighted by molar-refractivity contribution is -0.134. The molecule has 1 aliphatic rings. The summed E-state index contributed by atoms with van der Waals surface area (Å²) in [4.78, 5) is 24.6. The van der Waals surface area contributed by atoms with E-state index in [9.17, 15) is 9.59 Å². The van der Waals surface area contributed by atoms with Crippen LogP contribution in [0.15, 0.2) is 0 Å². The van der Waals surface area contributed by atoms with Crippen LogP contribution in [-0.2, 0) is 9.59 Å². The van der Waals surface area contributed by atoms with Crippen molar-refractivity contribution < 1.29 is 9.59 Å². The molecule has 1 aliphatic carbocycles. The lowest BCUT2D eigenvalue weighted by Crippen LogP contribution is -2.41. The van der Waals surface area contributed by atoms with E-state index in [1.54, 1.807) is 19.0 Å². The Bertz CT molecular complexity index is 268. The average molecular weight is 227 g/mol. The van der Waals surface area contributed by atoms with Crippen LogP contribution in [-0.4, -0.2) is 43.4 Å². The van der Waals surface area contributed by atoms with Gasteiger partial charge in [-0.1, -0.05) is 6.42 Å². The smallest absolute Gasteiger partial charge is 0.226 e. The minimum Gasteiger partial charge on any atom is -0.359 e. The normalized spacial score (nSPS) is 24.2. The zero-order valence-corrected chi connectivity index (χ0v) is 10.0. The van der Waals surface area contributed by atoms with Crippen molar-refractivity contribution in [3.8, 4) is 0 Å². The van der Waals surface area contributed by atoms with Crippen LogP contribution in [0.1, 0.15) is 25.7 Å². The first-order chi connectivity index (χ1) is 7.56. The van der Waals surface area contributed by atoms with Gasteiger partial charge in [-0.25, -0.2) is 0 Å². The molecule has 0 aliphatic heterocycles. The molecule has 0 aromatic carbocycles. The van der Waals surface area contributed by atoms with E-state index >= 15 is 0 Å². The summed E-state index contributed by atoms with van der Waals surface area (Å²) in [5.74, 6) is -0.0149. The Morgan fingerprint density at radius 2 is 2.12 bits per heavy atom. The van der Waals surface area contributed by atoms with E-state index in [2.05, 4.69) is 5.32 Å². The van der Waals surface area contributed by atoms with Crippen molar-refractivity contribution in [2.45, 2.75) is 31.7 Å². The highest BCUT2D eigenvalue weighted by Gasteiger charge is 2.32. The highest BCUT2D eigenvalue weighted by atomic mass is 16.2. The van der Waals surface area contributed by atoms with Crippen molar-refractivity contribution in [3.05, 3.63) is 0 Å². The maximum atomic E-state index is 12.0. The van der Waals surface area contributed by atoms with Crippen LogP contribution in [0.3, 0.4) is 0 Å². The molecule has 2 atom stereocenters. The Balaban J connectivity index is 2.38. The van der Waals surface area contributed by atoms with E-state index in [4.69, 9.17) is 5.73 Å². The van der Waals surface area contributed by atoms with Gasteiger partial charge in [0.1, 0.15) is 0 Å². The number of amides is 2. The minimum absolute atomic E-state index is 0.00467. The monoisotopic (exact) mass is 227 g/mol. The molecule has 3 N–H and O–H groups in total. The zero-order valence-electron chi connectivity index (χ0n) is 10.0. The molecule has 1 rings (SSSR count). The fourth-order valence-electron chi connectivity index (χ4n) is 2.08. The van der Waals surface area contributed by atoms with Crippen molar-refractivity contribution in [2.75, 3.05) is 20.6 Å². The first-order valence-corrected chi connectivity index (χ1v) is 5.77. The van der Waals surface area contributed by atoms with Crippen molar-refractivity contribution in [2.24, 2.45) is 11.7 Å². The molecule has 0 saturated heterocycles. The molecular formula is C11H21N3O2. The first-order valence-electron chi connectivity index (χ1n) is 5.77. The number of carbonyl (C=O) groups excluding carboxylic acids is 2. The first kappa shape index (κ1) is 13.0. The summed E-state index contributed by atoms with van der Waals surface area (Å²) in [6.07, 6.45) is 3.19. The summed E-state index contributed by atoms with van der Waals surface area (Å²) in [6, 6.07) is -0.00467. The SMILES string of the molecule is CNC(=O)CCN(C)C(=O)C1CCCC1N. The molecule has 16 heavy (non-hydrogen) atoms. The summed E-state index contributed by atoms with van der Waals surface area (Å²) in [5, 5.41) is 2.54. The van der Waals surface area contributed by atoms with E-state index in [1.165, 1.54) is 0 Å². The number of nitrogens with one attached hydrogen (secondary N) is 1. The molecule has 0 spiro atoms. The second-order valence-corrected chi connectivity index (χ2v) is 4.38. The van der Waals surface area contributed by atoms with Gasteiger partial charge >= 0.3 is 0 Å². The van der Waals surface area contributed by atoms with E-state index in [1.807, 2.05) is 0 Å². The Morgan fingerprint density at radius 1 is 1.44 bits per heavy atom. The maximum absolute atomic E-state index is 12.0. The minimum atomic E-state index is -0.0466. The molecule has 1 fully saturated rings. The van der Waals surface area contributed by atoms with E-state index in [0.29, 0.717) is 13.0 Å². The highest BCUT2D eigenvalue weighted by Crippen LogP contribution is 2.25. The third-order valence-electron chi connectivity index (χ3n) is 3.22. The van der Waals surface area contributed by atoms with Gasteiger partial charge in [0.05, 0.1) is 5.92 Å². The summed E-state index contributed by atoms with van der Waals surface area (Å²) >= 11 is 0. The Morgan fingerprint density at radius 3 is 2.62 bits per heavy atom. The molecule has 0 aromatic rings. The van der Waals surface area contributed by atoms with Crippen LogP contribution < -0.4 is 11.1 Å². The lowest BCUT2D eigenvalue weighted by Gasteiger charge is -2.23. The van der Waals surface area contributed by atoms with Gasteiger partial charge in [0.25, 0.3) is 0 Å². The van der Waals surface area contributed by atoms with E-state index in [0.717, 1.165) is 19.3 Å². The summed E-state index contributed by atoms with van der Waals surface area (Å²) < 4.78 is 0. The van der Waals surface area contributed by atoms with Crippen molar-refractivity contribution >= 4 is 11.8 Å². The highest BCUT2D eigenvalue weighted by molar-refractivity contribution is 5.81. The van der Waals surface area contributed by atoms with Crippen LogP contribution in [0.25, 0.3) is 0 Å². The number of nitrogens with zero attached hydrogens (tertiary/aromatic N) is 1. The number of hydrogen-bond acceptors (Lipinski definition) is 3. The summed E-state index contributed by atoms with van der Waals surface area (Å²) in [5.41, 5.74) is 5.87. The van der Waals surface area contributed by atoms with Gasteiger partial charge in [0.15, 0.2) is 0 Å². The fourth-order valence-corrected chi connectivity index (χ4v) is 2.08. The number of rotatable bonds is 4. The molecule has 0 bridgehead atoms. The van der Waals surface area contributed by atoms with Crippen molar-refractivity contribution in [1.82, 2.24) is 10.2 Å². The van der Waals surface area contributed by atoms with Gasteiger partial charge in [-0.2, -0.15) is 0 Å². The molecule has 0 heterocycles. The van der Waals surface area contributed by atoms with E-state index < -0.39 is 0 Å². The van der Waals surface area contributed by atoms with Gasteiger partial charge in [-0.15, -0.1) is 0 Å². The molecule has 5 heteroatoms. The summed E-state index contributed by atoms with van der Waals surface area (Å²) in [7, 11) is 3.33. The topological polar surface area (TPSA) is 75.4 Å². The van der Waals surface area contributed by atoms with E-state index in [-0.39, 0.29) is 23.8 Å². The summed E-state index contributed by atoms with van der Waals surface area (Å²) in [6.45, 7) is 0.460. The van der Waals surface area contributed by atoms with Gasteiger partial charge in [-0.05, 0) is 12.8 Å². The van der Waals surface area contributed by atoms with Gasteiger partial charge in [0, 0.05) is 33.1 Å². The lowest BCUT2D eigenvalue weighted by atomic mass is 10.0.